The molecule has 0 aliphatic rings. The highest BCUT2D eigenvalue weighted by Gasteiger charge is 2.16. The van der Waals surface area contributed by atoms with Gasteiger partial charge in [0, 0.05) is 3.57 Å². The van der Waals surface area contributed by atoms with Gasteiger partial charge in [0.25, 0.3) is 0 Å². The van der Waals surface area contributed by atoms with E-state index in [9.17, 15) is 0 Å². The van der Waals surface area contributed by atoms with Gasteiger partial charge in [0.2, 0.25) is 0 Å². The number of nitrogens with one attached hydrogen (secondary N) is 1. The van der Waals surface area contributed by atoms with Crippen LogP contribution in [0.5, 0.6) is 0 Å². The first kappa shape index (κ1) is 13.1. The second kappa shape index (κ2) is 6.02. The summed E-state index contributed by atoms with van der Waals surface area (Å²) in [5, 5.41) is 3.44. The van der Waals surface area contributed by atoms with Crippen molar-refractivity contribution in [1.82, 2.24) is 5.32 Å². The SMILES string of the molecule is CCNC(c1cccc(I)c1)c1ccc(Br)o1. The van der Waals surface area contributed by atoms with Crippen LogP contribution < -0.4 is 5.32 Å². The maximum atomic E-state index is 5.64. The van der Waals surface area contributed by atoms with E-state index >= 15 is 0 Å². The summed E-state index contributed by atoms with van der Waals surface area (Å²) in [6.45, 7) is 2.99. The van der Waals surface area contributed by atoms with E-state index in [2.05, 4.69) is 75.0 Å². The molecular formula is C13H13BrINO. The summed E-state index contributed by atoms with van der Waals surface area (Å²) in [6, 6.07) is 12.5. The van der Waals surface area contributed by atoms with Crippen molar-refractivity contribution in [3.63, 3.8) is 0 Å². The Balaban J connectivity index is 2.35. The van der Waals surface area contributed by atoms with Gasteiger partial charge in [-0.05, 0) is 74.9 Å². The molecule has 17 heavy (non-hydrogen) atoms. The fourth-order valence-electron chi connectivity index (χ4n) is 1.76. The molecule has 1 aromatic heterocycles. The van der Waals surface area contributed by atoms with E-state index in [0.29, 0.717) is 0 Å². The zero-order valence-corrected chi connectivity index (χ0v) is 13.2. The fourth-order valence-corrected chi connectivity index (χ4v) is 2.64. The number of hydrogen-bond donors (Lipinski definition) is 1. The molecule has 90 valence electrons. The molecule has 0 fully saturated rings. The van der Waals surface area contributed by atoms with Crippen LogP contribution in [0, 0.1) is 3.57 Å². The normalized spacial score (nSPS) is 12.6. The molecule has 0 aliphatic heterocycles. The van der Waals surface area contributed by atoms with Crippen molar-refractivity contribution in [1.29, 1.82) is 0 Å². The predicted octanol–water partition coefficient (Wildman–Crippen LogP) is 4.35. The predicted molar refractivity (Wildman–Crippen MR) is 81.1 cm³/mol. The highest BCUT2D eigenvalue weighted by atomic mass is 127. The van der Waals surface area contributed by atoms with Gasteiger partial charge in [-0.2, -0.15) is 0 Å². The third-order valence-corrected chi connectivity index (χ3v) is 3.57. The molecule has 1 N–H and O–H groups in total. The topological polar surface area (TPSA) is 25.2 Å². The Morgan fingerprint density at radius 2 is 2.18 bits per heavy atom. The third kappa shape index (κ3) is 3.33. The van der Waals surface area contributed by atoms with E-state index in [1.54, 1.807) is 0 Å². The Morgan fingerprint density at radius 1 is 1.35 bits per heavy atom. The molecule has 0 spiro atoms. The molecule has 1 unspecified atom stereocenters. The van der Waals surface area contributed by atoms with E-state index in [0.717, 1.165) is 17.0 Å². The lowest BCUT2D eigenvalue weighted by Gasteiger charge is -2.16. The van der Waals surface area contributed by atoms with Crippen LogP contribution in [-0.4, -0.2) is 6.54 Å². The summed E-state index contributed by atoms with van der Waals surface area (Å²) >= 11 is 5.67. The number of hydrogen-bond acceptors (Lipinski definition) is 2. The van der Waals surface area contributed by atoms with Crippen molar-refractivity contribution in [2.75, 3.05) is 6.54 Å². The van der Waals surface area contributed by atoms with Crippen LogP contribution in [0.15, 0.2) is 45.5 Å². The van der Waals surface area contributed by atoms with Gasteiger partial charge in [-0.1, -0.05) is 19.1 Å². The Kier molecular flexibility index (Phi) is 4.64. The molecule has 2 rings (SSSR count). The summed E-state index contributed by atoms with van der Waals surface area (Å²) in [5.74, 6) is 0.931. The lowest BCUT2D eigenvalue weighted by Crippen LogP contribution is -2.21. The molecule has 0 saturated heterocycles. The van der Waals surface area contributed by atoms with Crippen molar-refractivity contribution in [2.45, 2.75) is 13.0 Å². The lowest BCUT2D eigenvalue weighted by atomic mass is 10.0. The Labute approximate surface area is 123 Å². The summed E-state index contributed by atoms with van der Waals surface area (Å²) in [7, 11) is 0. The average molecular weight is 406 g/mol. The molecular weight excluding hydrogens is 393 g/mol. The van der Waals surface area contributed by atoms with Crippen molar-refractivity contribution in [2.24, 2.45) is 0 Å². The molecule has 0 aliphatic carbocycles. The zero-order valence-electron chi connectivity index (χ0n) is 9.41. The Hall–Kier alpha value is -0.330. The lowest BCUT2D eigenvalue weighted by molar-refractivity contribution is 0.437. The fraction of sp³-hybridized carbons (Fsp3) is 0.231. The quantitative estimate of drug-likeness (QED) is 0.765. The monoisotopic (exact) mass is 405 g/mol. The minimum atomic E-state index is 0.112. The standard InChI is InChI=1S/C13H13BrINO/c1-2-16-13(11-6-7-12(14)17-11)9-4-3-5-10(15)8-9/h3-8,13,16H,2H2,1H3. The maximum absolute atomic E-state index is 5.64. The molecule has 2 aromatic rings. The van der Waals surface area contributed by atoms with E-state index in [1.165, 1.54) is 9.13 Å². The highest BCUT2D eigenvalue weighted by Crippen LogP contribution is 2.26. The van der Waals surface area contributed by atoms with E-state index in [1.807, 2.05) is 12.1 Å². The summed E-state index contributed by atoms with van der Waals surface area (Å²) in [5.41, 5.74) is 1.22. The maximum Gasteiger partial charge on any atom is 0.169 e. The molecule has 0 bridgehead atoms. The second-order valence-corrected chi connectivity index (χ2v) is 5.71. The van der Waals surface area contributed by atoms with E-state index < -0.39 is 0 Å². The van der Waals surface area contributed by atoms with Gasteiger partial charge < -0.3 is 9.73 Å². The van der Waals surface area contributed by atoms with Crippen LogP contribution in [-0.2, 0) is 0 Å². The van der Waals surface area contributed by atoms with Crippen LogP contribution in [0.25, 0.3) is 0 Å². The van der Waals surface area contributed by atoms with Crippen LogP contribution >= 0.6 is 38.5 Å². The molecule has 0 amide bonds. The van der Waals surface area contributed by atoms with Crippen LogP contribution in [0.3, 0.4) is 0 Å². The van der Waals surface area contributed by atoms with Crippen molar-refractivity contribution >= 4 is 38.5 Å². The first-order valence-electron chi connectivity index (χ1n) is 5.44. The van der Waals surface area contributed by atoms with E-state index in [4.69, 9.17) is 4.42 Å². The van der Waals surface area contributed by atoms with Crippen LogP contribution in [0.1, 0.15) is 24.3 Å². The summed E-state index contributed by atoms with van der Waals surface area (Å²) in [6.07, 6.45) is 0. The average Bonchev–Trinajstić information content (AvgIpc) is 2.72. The van der Waals surface area contributed by atoms with Gasteiger partial charge in [0.05, 0.1) is 6.04 Å². The largest absolute Gasteiger partial charge is 0.452 e. The van der Waals surface area contributed by atoms with Crippen molar-refractivity contribution < 1.29 is 4.42 Å². The minimum Gasteiger partial charge on any atom is -0.452 e. The molecule has 1 heterocycles. The number of halogens is 2. The number of furan rings is 1. The molecule has 4 heteroatoms. The Morgan fingerprint density at radius 3 is 2.76 bits per heavy atom. The van der Waals surface area contributed by atoms with Crippen molar-refractivity contribution in [3.8, 4) is 0 Å². The molecule has 0 saturated carbocycles. The molecule has 1 atom stereocenters. The van der Waals surface area contributed by atoms with Gasteiger partial charge in [-0.15, -0.1) is 0 Å². The van der Waals surface area contributed by atoms with Crippen LogP contribution in [0.4, 0.5) is 0 Å². The van der Waals surface area contributed by atoms with Gasteiger partial charge in [-0.3, -0.25) is 0 Å². The smallest absolute Gasteiger partial charge is 0.169 e. The first-order valence-corrected chi connectivity index (χ1v) is 7.32. The van der Waals surface area contributed by atoms with Gasteiger partial charge in [-0.25, -0.2) is 0 Å². The van der Waals surface area contributed by atoms with Crippen LogP contribution in [0.2, 0.25) is 0 Å². The highest BCUT2D eigenvalue weighted by molar-refractivity contribution is 14.1. The van der Waals surface area contributed by atoms with Gasteiger partial charge in [0.1, 0.15) is 5.76 Å². The minimum absolute atomic E-state index is 0.112. The summed E-state index contributed by atoms with van der Waals surface area (Å²) in [4.78, 5) is 0. The molecule has 2 nitrogen and oxygen atoms in total. The first-order chi connectivity index (χ1) is 8.20. The van der Waals surface area contributed by atoms with E-state index in [-0.39, 0.29) is 6.04 Å². The zero-order chi connectivity index (χ0) is 12.3. The van der Waals surface area contributed by atoms with Gasteiger partial charge >= 0.3 is 0 Å². The third-order valence-electron chi connectivity index (χ3n) is 2.47. The molecule has 0 radical (unpaired) electrons. The number of rotatable bonds is 4. The van der Waals surface area contributed by atoms with Crippen molar-refractivity contribution in [3.05, 3.63) is 56.0 Å². The molecule has 1 aromatic carbocycles. The summed E-state index contributed by atoms with van der Waals surface area (Å²) < 4.78 is 7.64. The van der Waals surface area contributed by atoms with Gasteiger partial charge in [0.15, 0.2) is 4.67 Å². The Bertz CT molecular complexity index is 498. The number of benzene rings is 1. The second-order valence-electron chi connectivity index (χ2n) is 3.69.